The molecule has 0 bridgehead atoms. The first-order valence-electron chi connectivity index (χ1n) is 14.3. The highest BCUT2D eigenvalue weighted by molar-refractivity contribution is 7.92. The number of pyridine rings is 1. The normalized spacial score (nSPS) is 11.8. The van der Waals surface area contributed by atoms with Crippen molar-refractivity contribution in [2.45, 2.75) is 46.5 Å². The van der Waals surface area contributed by atoms with Crippen LogP contribution in [0.1, 0.15) is 54.9 Å². The van der Waals surface area contributed by atoms with Crippen LogP contribution in [0.5, 0.6) is 5.75 Å². The van der Waals surface area contributed by atoms with Gasteiger partial charge in [-0.2, -0.15) is 5.10 Å². The summed E-state index contributed by atoms with van der Waals surface area (Å²) in [6.45, 7) is 9.96. The number of aryl methyl sites for hydroxylation is 1. The van der Waals surface area contributed by atoms with Gasteiger partial charge in [0.15, 0.2) is 11.6 Å². The van der Waals surface area contributed by atoms with E-state index in [1.807, 2.05) is 65.1 Å². The molecule has 0 aliphatic heterocycles. The van der Waals surface area contributed by atoms with Crippen molar-refractivity contribution >= 4 is 27.3 Å². The quantitative estimate of drug-likeness (QED) is 0.223. The molecule has 0 saturated carbocycles. The summed E-state index contributed by atoms with van der Waals surface area (Å²) in [6.07, 6.45) is 7.05. The minimum Gasteiger partial charge on any atom is -0.492 e. The zero-order chi connectivity index (χ0) is 32.5. The fraction of sp³-hybridized carbons (Fsp3) is 0.281. The number of benzene rings is 2. The van der Waals surface area contributed by atoms with Gasteiger partial charge in [-0.25, -0.2) is 22.8 Å². The van der Waals surface area contributed by atoms with Gasteiger partial charge in [0.1, 0.15) is 5.69 Å². The van der Waals surface area contributed by atoms with Crippen LogP contribution in [0, 0.1) is 6.92 Å². The number of sulfonamides is 1. The molecule has 0 aliphatic carbocycles. The molecule has 3 aromatic heterocycles. The molecular formula is C32H36N8O4S. The van der Waals surface area contributed by atoms with Crippen molar-refractivity contribution in [2.75, 3.05) is 23.4 Å². The van der Waals surface area contributed by atoms with Crippen LogP contribution < -0.4 is 14.8 Å². The van der Waals surface area contributed by atoms with Gasteiger partial charge in [-0.05, 0) is 66.3 Å². The van der Waals surface area contributed by atoms with Crippen LogP contribution >= 0.6 is 0 Å². The van der Waals surface area contributed by atoms with Crippen molar-refractivity contribution in [3.05, 3.63) is 89.5 Å². The summed E-state index contributed by atoms with van der Waals surface area (Å²) in [5, 5.41) is 16.3. The summed E-state index contributed by atoms with van der Waals surface area (Å²) in [4.78, 5) is 18.0. The van der Waals surface area contributed by atoms with Crippen LogP contribution in [0.15, 0.2) is 67.1 Å². The minimum atomic E-state index is -3.61. The number of hydrogen-bond acceptors (Lipinski definition) is 8. The van der Waals surface area contributed by atoms with E-state index in [1.54, 1.807) is 46.0 Å². The van der Waals surface area contributed by atoms with Crippen LogP contribution in [0.3, 0.4) is 0 Å². The molecule has 13 heteroatoms. The van der Waals surface area contributed by atoms with E-state index >= 15 is 0 Å². The predicted octanol–water partition coefficient (Wildman–Crippen LogP) is 5.32. The number of hydrogen-bond donors (Lipinski definition) is 2. The van der Waals surface area contributed by atoms with Gasteiger partial charge >= 0.3 is 0 Å². The third-order valence-electron chi connectivity index (χ3n) is 7.26. The van der Waals surface area contributed by atoms with E-state index in [-0.39, 0.29) is 16.9 Å². The van der Waals surface area contributed by atoms with E-state index in [0.29, 0.717) is 34.9 Å². The monoisotopic (exact) mass is 628 g/mol. The highest BCUT2D eigenvalue weighted by atomic mass is 32.2. The van der Waals surface area contributed by atoms with Crippen molar-refractivity contribution in [3.63, 3.8) is 0 Å². The number of anilines is 2. The molecule has 234 valence electrons. The Bertz CT molecular complexity index is 1980. The van der Waals surface area contributed by atoms with Crippen LogP contribution in [0.25, 0.3) is 22.8 Å². The lowest BCUT2D eigenvalue weighted by atomic mass is 9.86. The number of methoxy groups -OCH3 is 1. The van der Waals surface area contributed by atoms with E-state index in [9.17, 15) is 13.2 Å². The summed E-state index contributed by atoms with van der Waals surface area (Å²) in [5.41, 5.74) is 5.38. The Labute approximate surface area is 262 Å². The average molecular weight is 629 g/mol. The third-order valence-corrected chi connectivity index (χ3v) is 7.85. The Morgan fingerprint density at radius 2 is 1.82 bits per heavy atom. The molecule has 0 aliphatic rings. The summed E-state index contributed by atoms with van der Waals surface area (Å²) in [7, 11) is -2.19. The Morgan fingerprint density at radius 3 is 2.47 bits per heavy atom. The summed E-state index contributed by atoms with van der Waals surface area (Å²) >= 11 is 0. The Hall–Kier alpha value is -5.04. The van der Waals surface area contributed by atoms with Gasteiger partial charge in [0.05, 0.1) is 48.5 Å². The first-order valence-corrected chi connectivity index (χ1v) is 16.2. The Balaban J connectivity index is 1.48. The van der Waals surface area contributed by atoms with Gasteiger partial charge in [-0.1, -0.05) is 45.0 Å². The van der Waals surface area contributed by atoms with E-state index in [1.165, 1.54) is 7.11 Å². The summed E-state index contributed by atoms with van der Waals surface area (Å²) < 4.78 is 35.7. The third kappa shape index (κ3) is 6.73. The molecule has 3 heterocycles. The van der Waals surface area contributed by atoms with Crippen LogP contribution in [-0.4, -0.2) is 57.4 Å². The van der Waals surface area contributed by atoms with Crippen molar-refractivity contribution in [1.82, 2.24) is 29.8 Å². The van der Waals surface area contributed by atoms with Gasteiger partial charge in [-0.15, -0.1) is 5.10 Å². The number of carbonyl (C=O) groups is 1. The maximum atomic E-state index is 13.6. The highest BCUT2D eigenvalue weighted by Gasteiger charge is 2.23. The molecular weight excluding hydrogens is 592 g/mol. The standard InChI is InChI=1S/C32H36N8O4S/c1-8-27-23(18-34-40(27)29-11-9-10-14-33-29)26-19-39(38-36-26)28-15-21(13-12-20(28)2)31(41)35-24-16-22(32(3,4)5)17-25(30(24)44-6)37-45(7,42)43/h9-19,37H,8H2,1-7H3,(H,35,41). The van der Waals surface area contributed by atoms with Crippen molar-refractivity contribution in [2.24, 2.45) is 0 Å². The van der Waals surface area contributed by atoms with Gasteiger partial charge < -0.3 is 10.1 Å². The van der Waals surface area contributed by atoms with Gasteiger partial charge in [0, 0.05) is 17.3 Å². The minimum absolute atomic E-state index is 0.202. The van der Waals surface area contributed by atoms with Crippen molar-refractivity contribution < 1.29 is 17.9 Å². The number of carbonyl (C=O) groups excluding carboxylic acids is 1. The second-order valence-electron chi connectivity index (χ2n) is 11.7. The van der Waals surface area contributed by atoms with Crippen molar-refractivity contribution in [3.8, 4) is 28.5 Å². The summed E-state index contributed by atoms with van der Waals surface area (Å²) in [6, 6.07) is 14.4. The second kappa shape index (κ2) is 12.2. The fourth-order valence-corrected chi connectivity index (χ4v) is 5.50. The molecule has 2 aromatic carbocycles. The maximum absolute atomic E-state index is 13.6. The summed E-state index contributed by atoms with van der Waals surface area (Å²) in [5.74, 6) is 0.510. The zero-order valence-corrected chi connectivity index (χ0v) is 27.1. The number of rotatable bonds is 9. The lowest BCUT2D eigenvalue weighted by Crippen LogP contribution is -2.18. The van der Waals surface area contributed by atoms with Crippen molar-refractivity contribution in [1.29, 1.82) is 0 Å². The molecule has 2 N–H and O–H groups in total. The molecule has 0 saturated heterocycles. The van der Waals surface area contributed by atoms with Crippen LogP contribution in [0.2, 0.25) is 0 Å². The fourth-order valence-electron chi connectivity index (χ4n) is 4.95. The topological polar surface area (TPSA) is 146 Å². The molecule has 0 unspecified atom stereocenters. The first-order chi connectivity index (χ1) is 21.3. The van der Waals surface area contributed by atoms with Crippen LogP contribution in [0.4, 0.5) is 11.4 Å². The molecule has 45 heavy (non-hydrogen) atoms. The molecule has 5 rings (SSSR count). The molecule has 1 amide bonds. The molecule has 0 fully saturated rings. The van der Waals surface area contributed by atoms with Gasteiger partial charge in [0.2, 0.25) is 10.0 Å². The van der Waals surface area contributed by atoms with E-state index in [0.717, 1.165) is 28.6 Å². The van der Waals surface area contributed by atoms with E-state index < -0.39 is 15.9 Å². The number of nitrogens with zero attached hydrogens (tertiary/aromatic N) is 6. The molecule has 5 aromatic rings. The number of ether oxygens (including phenoxy) is 1. The number of amides is 1. The molecule has 0 atom stereocenters. The zero-order valence-electron chi connectivity index (χ0n) is 26.3. The lowest BCUT2D eigenvalue weighted by molar-refractivity contribution is 0.102. The van der Waals surface area contributed by atoms with Gasteiger partial charge in [0.25, 0.3) is 5.91 Å². The average Bonchev–Trinajstić information content (AvgIpc) is 3.64. The Kier molecular flexibility index (Phi) is 8.48. The second-order valence-corrected chi connectivity index (χ2v) is 13.4. The maximum Gasteiger partial charge on any atom is 0.255 e. The van der Waals surface area contributed by atoms with Crippen LogP contribution in [-0.2, 0) is 21.9 Å². The van der Waals surface area contributed by atoms with Gasteiger partial charge in [-0.3, -0.25) is 9.52 Å². The predicted molar refractivity (Wildman–Crippen MR) is 174 cm³/mol. The van der Waals surface area contributed by atoms with E-state index in [4.69, 9.17) is 4.74 Å². The first kappa shape index (κ1) is 31.4. The molecule has 0 radical (unpaired) electrons. The van der Waals surface area contributed by atoms with E-state index in [2.05, 4.69) is 30.4 Å². The Morgan fingerprint density at radius 1 is 1.07 bits per heavy atom. The smallest absolute Gasteiger partial charge is 0.255 e. The largest absolute Gasteiger partial charge is 0.492 e. The number of nitrogens with one attached hydrogen (secondary N) is 2. The molecule has 12 nitrogen and oxygen atoms in total. The SMILES string of the molecule is CCc1c(-c2cn(-c3cc(C(=O)Nc4cc(C(C)(C)C)cc(NS(C)(=O)=O)c4OC)ccc3C)nn2)cnn1-c1ccccn1. The highest BCUT2D eigenvalue weighted by Crippen LogP contribution is 2.39. The lowest BCUT2D eigenvalue weighted by Gasteiger charge is -2.24. The molecule has 0 spiro atoms. The number of aromatic nitrogens is 6.